The molecule has 0 aromatic carbocycles. The van der Waals surface area contributed by atoms with Crippen molar-refractivity contribution in [3.63, 3.8) is 0 Å². The minimum atomic E-state index is -0.812. The summed E-state index contributed by atoms with van der Waals surface area (Å²) in [4.78, 5) is 21.1. The second-order valence-corrected chi connectivity index (χ2v) is 2.87. The van der Waals surface area contributed by atoms with Crippen LogP contribution in [0.25, 0.3) is 0 Å². The maximum Gasteiger partial charge on any atom is 0.281 e. The van der Waals surface area contributed by atoms with Gasteiger partial charge in [-0.2, -0.15) is 0 Å². The first-order valence-electron chi connectivity index (χ1n) is 2.64. The third-order valence-corrected chi connectivity index (χ3v) is 2.11. The molecule has 1 unspecified atom stereocenters. The third-order valence-electron chi connectivity index (χ3n) is 1.04. The normalized spacial score (nSPS) is 27.1. The molecule has 1 rings (SSSR count). The van der Waals surface area contributed by atoms with Gasteiger partial charge in [-0.3, -0.25) is 9.59 Å². The van der Waals surface area contributed by atoms with Gasteiger partial charge in [0, 0.05) is 0 Å². The molecule has 2 amide bonds. The smallest absolute Gasteiger partial charge is 0.281 e. The largest absolute Gasteiger partial charge is 0.410 e. The number of hydrogen-bond donors (Lipinski definition) is 3. The first-order valence-corrected chi connectivity index (χ1v) is 3.52. The Morgan fingerprint density at radius 2 is 2.45 bits per heavy atom. The van der Waals surface area contributed by atoms with Gasteiger partial charge in [-0.25, -0.2) is 0 Å². The van der Waals surface area contributed by atoms with Crippen LogP contribution in [0.2, 0.25) is 0 Å². The van der Waals surface area contributed by atoms with Crippen LogP contribution < -0.4 is 11.1 Å². The van der Waals surface area contributed by atoms with Crippen LogP contribution in [0, 0.1) is 0 Å². The lowest BCUT2D eigenvalue weighted by Crippen LogP contribution is -2.36. The van der Waals surface area contributed by atoms with Crippen molar-refractivity contribution in [3.05, 3.63) is 0 Å². The molecule has 0 bridgehead atoms. The van der Waals surface area contributed by atoms with E-state index in [0.717, 1.165) is 11.8 Å². The van der Waals surface area contributed by atoms with Crippen LogP contribution >= 0.6 is 11.8 Å². The predicted molar refractivity (Wildman–Crippen MR) is 37.9 cm³/mol. The number of rotatable bonds is 1. The van der Waals surface area contributed by atoms with E-state index in [1.807, 2.05) is 0 Å². The fraction of sp³-hybridized carbons (Fsp3) is 0.250. The Labute approximate surface area is 65.8 Å². The van der Waals surface area contributed by atoms with Gasteiger partial charge < -0.3 is 16.3 Å². The highest BCUT2D eigenvalue weighted by Crippen LogP contribution is 2.17. The molecule has 1 aliphatic heterocycles. The van der Waals surface area contributed by atoms with E-state index in [9.17, 15) is 9.59 Å². The number of oxime groups is 1. The van der Waals surface area contributed by atoms with E-state index in [4.69, 9.17) is 10.9 Å². The van der Waals surface area contributed by atoms with Gasteiger partial charge in [0.2, 0.25) is 5.04 Å². The molecule has 0 saturated carbocycles. The summed E-state index contributed by atoms with van der Waals surface area (Å²) in [5.41, 5.74) is 4.87. The van der Waals surface area contributed by atoms with Gasteiger partial charge >= 0.3 is 0 Å². The fourth-order valence-electron chi connectivity index (χ4n) is 0.574. The van der Waals surface area contributed by atoms with Crippen molar-refractivity contribution < 1.29 is 14.8 Å². The van der Waals surface area contributed by atoms with Crippen molar-refractivity contribution >= 4 is 28.6 Å². The minimum absolute atomic E-state index is 0.145. The molecule has 11 heavy (non-hydrogen) atoms. The number of nitrogens with one attached hydrogen (secondary N) is 1. The Bertz CT molecular complexity index is 239. The first-order chi connectivity index (χ1) is 5.15. The molecule has 0 aromatic heterocycles. The molecule has 0 radical (unpaired) electrons. The van der Waals surface area contributed by atoms with Crippen molar-refractivity contribution in [1.82, 2.24) is 5.32 Å². The standard InChI is InChI=1S/C4H5N3O3S/c5-1(8)3-6-2(9)4(7-10)11-3/h3,10H,(H2,5,8)(H,6,9). The summed E-state index contributed by atoms with van der Waals surface area (Å²) in [6.07, 6.45) is 0. The molecule has 0 spiro atoms. The summed E-state index contributed by atoms with van der Waals surface area (Å²) >= 11 is 0.792. The van der Waals surface area contributed by atoms with Crippen molar-refractivity contribution in [3.8, 4) is 0 Å². The van der Waals surface area contributed by atoms with Crippen LogP contribution in [0.3, 0.4) is 0 Å². The Hall–Kier alpha value is -1.24. The molecular weight excluding hydrogens is 170 g/mol. The van der Waals surface area contributed by atoms with E-state index in [0.29, 0.717) is 0 Å². The summed E-state index contributed by atoms with van der Waals surface area (Å²) in [6.45, 7) is 0. The number of nitrogens with two attached hydrogens (primary N) is 1. The van der Waals surface area contributed by atoms with Crippen molar-refractivity contribution in [2.75, 3.05) is 0 Å². The second-order valence-electron chi connectivity index (χ2n) is 1.78. The molecule has 0 aliphatic carbocycles. The lowest BCUT2D eigenvalue weighted by molar-refractivity contribution is -0.121. The quantitative estimate of drug-likeness (QED) is 0.331. The topological polar surface area (TPSA) is 105 Å². The molecular formula is C4H5N3O3S. The summed E-state index contributed by atoms with van der Waals surface area (Å²) in [7, 11) is 0. The molecule has 1 fully saturated rings. The highest BCUT2D eigenvalue weighted by Gasteiger charge is 2.32. The van der Waals surface area contributed by atoms with Gasteiger partial charge in [0.25, 0.3) is 11.8 Å². The van der Waals surface area contributed by atoms with Crippen LogP contribution in [0.15, 0.2) is 5.16 Å². The van der Waals surface area contributed by atoms with Gasteiger partial charge in [0.15, 0.2) is 5.37 Å². The second kappa shape index (κ2) is 2.79. The van der Waals surface area contributed by atoms with Gasteiger partial charge in [-0.05, 0) is 0 Å². The fourth-order valence-corrected chi connectivity index (χ4v) is 1.29. The highest BCUT2D eigenvalue weighted by molar-refractivity contribution is 8.17. The van der Waals surface area contributed by atoms with E-state index in [1.54, 1.807) is 0 Å². The van der Waals surface area contributed by atoms with Crippen LogP contribution in [0.4, 0.5) is 0 Å². The average Bonchev–Trinajstić information content (AvgIpc) is 2.31. The lowest BCUT2D eigenvalue weighted by Gasteiger charge is -1.99. The summed E-state index contributed by atoms with van der Waals surface area (Å²) in [5.74, 6) is -1.25. The molecule has 1 aliphatic rings. The third kappa shape index (κ3) is 1.43. The zero-order chi connectivity index (χ0) is 8.43. The van der Waals surface area contributed by atoms with Crippen LogP contribution in [0.5, 0.6) is 0 Å². The molecule has 60 valence electrons. The number of thioether (sulfide) groups is 1. The Morgan fingerprint density at radius 3 is 2.73 bits per heavy atom. The Balaban J connectivity index is 2.72. The molecule has 4 N–H and O–H groups in total. The van der Waals surface area contributed by atoms with Crippen LogP contribution in [-0.4, -0.2) is 27.4 Å². The van der Waals surface area contributed by atoms with Gasteiger partial charge in [-0.1, -0.05) is 16.9 Å². The average molecular weight is 175 g/mol. The summed E-state index contributed by atoms with van der Waals surface area (Å²) in [5, 5.41) is 12.1. The van der Waals surface area contributed by atoms with E-state index in [1.165, 1.54) is 0 Å². The number of amides is 2. The molecule has 0 aromatic rings. The van der Waals surface area contributed by atoms with Gasteiger partial charge in [0.1, 0.15) is 0 Å². The van der Waals surface area contributed by atoms with Gasteiger partial charge in [0.05, 0.1) is 0 Å². The van der Waals surface area contributed by atoms with Crippen LogP contribution in [0.1, 0.15) is 0 Å². The maximum atomic E-state index is 10.7. The predicted octanol–water partition coefficient (Wildman–Crippen LogP) is -1.55. The van der Waals surface area contributed by atoms with Crippen molar-refractivity contribution in [1.29, 1.82) is 0 Å². The number of carbonyl (C=O) groups excluding carboxylic acids is 2. The highest BCUT2D eigenvalue weighted by atomic mass is 32.2. The number of primary amides is 1. The number of nitrogens with zero attached hydrogens (tertiary/aromatic N) is 1. The Kier molecular flexibility index (Phi) is 1.99. The lowest BCUT2D eigenvalue weighted by atomic mass is 10.5. The Morgan fingerprint density at radius 1 is 1.82 bits per heavy atom. The van der Waals surface area contributed by atoms with E-state index in [2.05, 4.69) is 10.5 Å². The number of carbonyl (C=O) groups is 2. The van der Waals surface area contributed by atoms with Crippen molar-refractivity contribution in [2.45, 2.75) is 5.37 Å². The SMILES string of the molecule is NC(=O)C1NC(=O)C(=NO)S1. The molecule has 1 saturated heterocycles. The van der Waals surface area contributed by atoms with Gasteiger partial charge in [-0.15, -0.1) is 0 Å². The molecule has 1 atom stereocenters. The summed E-state index contributed by atoms with van der Waals surface area (Å²) < 4.78 is 0. The number of hydrogen-bond acceptors (Lipinski definition) is 5. The zero-order valence-corrected chi connectivity index (χ0v) is 6.09. The molecule has 7 heteroatoms. The monoisotopic (exact) mass is 175 g/mol. The molecule has 1 heterocycles. The summed E-state index contributed by atoms with van der Waals surface area (Å²) in [6, 6.07) is 0. The first kappa shape index (κ1) is 7.86. The zero-order valence-electron chi connectivity index (χ0n) is 5.27. The van der Waals surface area contributed by atoms with E-state index in [-0.39, 0.29) is 5.04 Å². The molecule has 6 nitrogen and oxygen atoms in total. The van der Waals surface area contributed by atoms with Crippen molar-refractivity contribution in [2.24, 2.45) is 10.9 Å². The maximum absolute atomic E-state index is 10.7. The van der Waals surface area contributed by atoms with E-state index < -0.39 is 17.2 Å². The minimum Gasteiger partial charge on any atom is -0.410 e. The van der Waals surface area contributed by atoms with Crippen LogP contribution in [-0.2, 0) is 9.59 Å². The van der Waals surface area contributed by atoms with E-state index >= 15 is 0 Å².